The molecular weight excluding hydrogens is 489 g/mol. The Morgan fingerprint density at radius 2 is 1.70 bits per heavy atom. The number of aromatic nitrogens is 2. The van der Waals surface area contributed by atoms with Crippen LogP contribution in [0.4, 0.5) is 30.6 Å². The Morgan fingerprint density at radius 3 is 2.38 bits per heavy atom. The van der Waals surface area contributed by atoms with Gasteiger partial charge >= 0.3 is 23.8 Å². The van der Waals surface area contributed by atoms with Crippen LogP contribution in [-0.4, -0.2) is 28.7 Å². The second kappa shape index (κ2) is 11.4. The first-order valence-corrected chi connectivity index (χ1v) is 12.1. The third-order valence-electron chi connectivity index (χ3n) is 6.65. The third-order valence-corrected chi connectivity index (χ3v) is 6.65. The maximum atomic E-state index is 13.8. The van der Waals surface area contributed by atoms with Gasteiger partial charge in [-0.2, -0.15) is 0 Å². The van der Waals surface area contributed by atoms with Crippen molar-refractivity contribution in [1.29, 1.82) is 0 Å². The van der Waals surface area contributed by atoms with Gasteiger partial charge in [0.25, 0.3) is 0 Å². The van der Waals surface area contributed by atoms with Crippen molar-refractivity contribution in [3.63, 3.8) is 0 Å². The minimum Gasteiger partial charge on any atom is -0.466 e. The van der Waals surface area contributed by atoms with Gasteiger partial charge in [0.2, 0.25) is 0 Å². The van der Waals surface area contributed by atoms with E-state index in [1.807, 2.05) is 26.0 Å². The van der Waals surface area contributed by atoms with Crippen LogP contribution in [0, 0.1) is 29.3 Å². The molecule has 2 N–H and O–H groups in total. The number of carbonyl (C=O) groups excluding carboxylic acids is 2. The van der Waals surface area contributed by atoms with Crippen molar-refractivity contribution in [2.45, 2.75) is 45.4 Å². The molecule has 37 heavy (non-hydrogen) atoms. The van der Waals surface area contributed by atoms with Crippen LogP contribution in [0.3, 0.4) is 0 Å². The number of nitrogens with one attached hydrogen (secondary N) is 2. The molecule has 0 unspecified atom stereocenters. The highest BCUT2D eigenvalue weighted by Crippen LogP contribution is 2.39. The van der Waals surface area contributed by atoms with Gasteiger partial charge in [0.05, 0.1) is 18.2 Å². The maximum Gasteiger partial charge on any atom is 0.320 e. The van der Waals surface area contributed by atoms with Crippen molar-refractivity contribution >= 4 is 29.3 Å². The van der Waals surface area contributed by atoms with Gasteiger partial charge in [-0.25, -0.2) is 13.2 Å². The molecule has 0 radical (unpaired) electrons. The lowest BCUT2D eigenvalue weighted by Crippen LogP contribution is -2.26. The molecular formula is C26H27F3N4O4. The molecule has 1 aliphatic carbocycles. The molecule has 2 aromatic carbocycles. The first-order chi connectivity index (χ1) is 17.7. The molecule has 4 rings (SSSR count). The average Bonchev–Trinajstić information content (AvgIpc) is 3.36. The second-order valence-electron chi connectivity index (χ2n) is 9.01. The number of benzene rings is 2. The van der Waals surface area contributed by atoms with Crippen LogP contribution in [-0.2, 0) is 9.53 Å². The molecule has 0 bridgehead atoms. The van der Waals surface area contributed by atoms with Crippen molar-refractivity contribution < 1.29 is 31.9 Å². The summed E-state index contributed by atoms with van der Waals surface area (Å²) in [5.41, 5.74) is 1.24. The highest BCUT2D eigenvalue weighted by Gasteiger charge is 2.30. The molecule has 8 nitrogen and oxygen atoms in total. The molecule has 1 saturated carbocycles. The maximum absolute atomic E-state index is 13.8. The summed E-state index contributed by atoms with van der Waals surface area (Å²) < 4.78 is 50.6. The third kappa shape index (κ3) is 6.28. The minimum absolute atomic E-state index is 0.102. The number of amides is 1. The largest absolute Gasteiger partial charge is 0.466 e. The molecule has 3 aromatic rings. The SMILES string of the molecule is CCOC(=O)[C@@H](C)C1CCC(c2ccc(NC(=O)c3nnc(Nc4cc(F)c(F)cc4F)o3)cc2)CC1. The molecule has 0 saturated heterocycles. The summed E-state index contributed by atoms with van der Waals surface area (Å²) in [4.78, 5) is 24.5. The van der Waals surface area contributed by atoms with Crippen LogP contribution in [0.25, 0.3) is 0 Å². The van der Waals surface area contributed by atoms with Crippen molar-refractivity contribution in [1.82, 2.24) is 10.2 Å². The zero-order chi connectivity index (χ0) is 26.5. The summed E-state index contributed by atoms with van der Waals surface area (Å²) in [5, 5.41) is 12.1. The fourth-order valence-corrected chi connectivity index (χ4v) is 4.54. The van der Waals surface area contributed by atoms with Crippen molar-refractivity contribution in [3.8, 4) is 0 Å². The standard InChI is InChI=1S/C26H27F3N4O4/c1-3-36-25(35)14(2)15-4-6-16(7-5-15)17-8-10-18(11-9-17)30-23(34)24-32-33-26(37-24)31-22-13-20(28)19(27)12-21(22)29/h8-16H,3-7H2,1-2H3,(H,30,34)(H,31,33)/t14-,15?,16?/m0/s1. The normalized spacial score (nSPS) is 18.2. The molecule has 1 amide bonds. The van der Waals surface area contributed by atoms with Crippen molar-refractivity contribution in [3.05, 3.63) is 65.3 Å². The molecule has 1 aliphatic rings. The predicted octanol–water partition coefficient (Wildman–Crippen LogP) is 5.96. The monoisotopic (exact) mass is 516 g/mol. The number of esters is 1. The Morgan fingerprint density at radius 1 is 1.03 bits per heavy atom. The first-order valence-electron chi connectivity index (χ1n) is 12.1. The zero-order valence-corrected chi connectivity index (χ0v) is 20.4. The summed E-state index contributed by atoms with van der Waals surface area (Å²) in [6.07, 6.45) is 3.84. The topological polar surface area (TPSA) is 106 Å². The Hall–Kier alpha value is -3.89. The quantitative estimate of drug-likeness (QED) is 0.281. The minimum atomic E-state index is -1.34. The number of halogens is 3. The van der Waals surface area contributed by atoms with Gasteiger partial charge in [-0.15, -0.1) is 5.10 Å². The Kier molecular flexibility index (Phi) is 8.10. The smallest absolute Gasteiger partial charge is 0.320 e. The van der Waals surface area contributed by atoms with E-state index in [0.29, 0.717) is 36.3 Å². The Bertz CT molecular complexity index is 1260. The lowest BCUT2D eigenvalue weighted by atomic mass is 9.74. The second-order valence-corrected chi connectivity index (χ2v) is 9.01. The summed E-state index contributed by atoms with van der Waals surface area (Å²) >= 11 is 0. The van der Waals surface area contributed by atoms with Crippen molar-refractivity contribution in [2.75, 3.05) is 17.2 Å². The van der Waals surface area contributed by atoms with Crippen LogP contribution in [0.15, 0.2) is 40.8 Å². The number of nitrogens with zero attached hydrogens (tertiary/aromatic N) is 2. The average molecular weight is 517 g/mol. The lowest BCUT2D eigenvalue weighted by molar-refractivity contribution is -0.149. The summed E-state index contributed by atoms with van der Waals surface area (Å²) in [6.45, 7) is 4.14. The first kappa shape index (κ1) is 26.2. The number of carbonyl (C=O) groups is 2. The predicted molar refractivity (Wildman–Crippen MR) is 129 cm³/mol. The van der Waals surface area contributed by atoms with Gasteiger partial charge < -0.3 is 19.8 Å². The number of ether oxygens (including phenoxy) is 1. The van der Waals surface area contributed by atoms with Crippen LogP contribution in [0.1, 0.15) is 61.7 Å². The molecule has 1 fully saturated rings. The molecule has 11 heteroatoms. The number of anilines is 3. The summed E-state index contributed by atoms with van der Waals surface area (Å²) in [6, 6.07) is 8.05. The van der Waals surface area contributed by atoms with E-state index in [1.165, 1.54) is 0 Å². The van der Waals surface area contributed by atoms with Gasteiger partial charge in [-0.1, -0.05) is 24.2 Å². The molecule has 0 aliphatic heterocycles. The molecule has 1 atom stereocenters. The number of rotatable bonds is 8. The summed E-state index contributed by atoms with van der Waals surface area (Å²) in [7, 11) is 0. The molecule has 196 valence electrons. The highest BCUT2D eigenvalue weighted by molar-refractivity contribution is 6.00. The Balaban J connectivity index is 1.31. The molecule has 1 heterocycles. The van der Waals surface area contributed by atoms with E-state index in [1.54, 1.807) is 12.1 Å². The fraction of sp³-hybridized carbons (Fsp3) is 0.385. The van der Waals surface area contributed by atoms with E-state index in [0.717, 1.165) is 31.2 Å². The Labute approximate surface area is 211 Å². The lowest BCUT2D eigenvalue weighted by Gasteiger charge is -2.31. The van der Waals surface area contributed by atoms with E-state index in [4.69, 9.17) is 9.15 Å². The summed E-state index contributed by atoms with van der Waals surface area (Å²) in [5.74, 6) is -4.29. The molecule has 0 spiro atoms. The van der Waals surface area contributed by atoms with Crippen LogP contribution in [0.5, 0.6) is 0 Å². The van der Waals surface area contributed by atoms with Crippen LogP contribution < -0.4 is 10.6 Å². The number of hydrogen-bond acceptors (Lipinski definition) is 7. The van der Waals surface area contributed by atoms with Gasteiger partial charge in [-0.3, -0.25) is 9.59 Å². The zero-order valence-electron chi connectivity index (χ0n) is 20.4. The van der Waals surface area contributed by atoms with E-state index >= 15 is 0 Å². The van der Waals surface area contributed by atoms with Gasteiger partial charge in [0.1, 0.15) is 5.82 Å². The van der Waals surface area contributed by atoms with Gasteiger partial charge in [0, 0.05) is 17.8 Å². The van der Waals surface area contributed by atoms with Crippen molar-refractivity contribution in [2.24, 2.45) is 11.8 Å². The van der Waals surface area contributed by atoms with E-state index in [9.17, 15) is 22.8 Å². The molecule has 1 aromatic heterocycles. The van der Waals surface area contributed by atoms with E-state index < -0.39 is 34.9 Å². The van der Waals surface area contributed by atoms with E-state index in [-0.39, 0.29) is 17.9 Å². The highest BCUT2D eigenvalue weighted by atomic mass is 19.2. The number of hydrogen-bond donors (Lipinski definition) is 2. The van der Waals surface area contributed by atoms with Crippen LogP contribution in [0.2, 0.25) is 0 Å². The van der Waals surface area contributed by atoms with E-state index in [2.05, 4.69) is 20.8 Å². The van der Waals surface area contributed by atoms with Crippen LogP contribution >= 0.6 is 0 Å². The fourth-order valence-electron chi connectivity index (χ4n) is 4.54. The van der Waals surface area contributed by atoms with Gasteiger partial charge in [-0.05, 0) is 62.1 Å². The van der Waals surface area contributed by atoms with Gasteiger partial charge in [0.15, 0.2) is 11.6 Å².